The summed E-state index contributed by atoms with van der Waals surface area (Å²) in [5.74, 6) is -0.581. The number of nitrogens with one attached hydrogen (secondary N) is 2. The van der Waals surface area contributed by atoms with Gasteiger partial charge in [-0.3, -0.25) is 4.79 Å². The number of hydrogen-bond acceptors (Lipinski definition) is 1. The second-order valence-electron chi connectivity index (χ2n) is 3.80. The molecular weight excluding hydrogens is 322 g/mol. The summed E-state index contributed by atoms with van der Waals surface area (Å²) >= 11 is 2.18. The van der Waals surface area contributed by atoms with Crippen molar-refractivity contribution in [1.29, 1.82) is 0 Å². The predicted octanol–water partition coefficient (Wildman–Crippen LogP) is 2.20. The van der Waals surface area contributed by atoms with Crippen LogP contribution in [0.3, 0.4) is 0 Å². The van der Waals surface area contributed by atoms with Crippen molar-refractivity contribution in [3.05, 3.63) is 32.8 Å². The second-order valence-corrected chi connectivity index (χ2v) is 4.88. The molecule has 1 aromatic carbocycles. The van der Waals surface area contributed by atoms with Gasteiger partial charge in [-0.1, -0.05) is 0 Å². The van der Waals surface area contributed by atoms with E-state index in [0.717, 1.165) is 21.1 Å². The number of amides is 1. The zero-order valence-corrected chi connectivity index (χ0v) is 10.4. The van der Waals surface area contributed by atoms with Gasteiger partial charge in [0.1, 0.15) is 5.82 Å². The zero-order chi connectivity index (χ0) is 11.3. The number of hydrogen-bond donors (Lipinski definition) is 2. The van der Waals surface area contributed by atoms with Gasteiger partial charge < -0.3 is 10.3 Å². The quantitative estimate of drug-likeness (QED) is 0.715. The number of aromatic nitrogens is 1. The molecule has 0 atom stereocenters. The van der Waals surface area contributed by atoms with Crippen LogP contribution in [0.4, 0.5) is 4.39 Å². The topological polar surface area (TPSA) is 44.9 Å². The standard InChI is InChI=1S/C11H8FIN2O/c12-5-3-7-9-6(1-2-14-11(7)16)10(13)15-8(9)4-5/h3-4,15H,1-2H2,(H,14,16). The minimum Gasteiger partial charge on any atom is -0.352 e. The number of carbonyl (C=O) groups is 1. The van der Waals surface area contributed by atoms with Gasteiger partial charge in [0.15, 0.2) is 0 Å². The molecule has 2 heterocycles. The van der Waals surface area contributed by atoms with Gasteiger partial charge in [-0.15, -0.1) is 0 Å². The van der Waals surface area contributed by atoms with Crippen LogP contribution in [0.25, 0.3) is 10.9 Å². The van der Waals surface area contributed by atoms with Gasteiger partial charge in [-0.2, -0.15) is 0 Å². The summed E-state index contributed by atoms with van der Waals surface area (Å²) in [5, 5.41) is 3.63. The Labute approximate surface area is 105 Å². The van der Waals surface area contributed by atoms with Crippen LogP contribution in [-0.2, 0) is 6.42 Å². The van der Waals surface area contributed by atoms with Gasteiger partial charge in [-0.05, 0) is 46.7 Å². The lowest BCUT2D eigenvalue weighted by molar-refractivity contribution is 0.0957. The molecule has 0 unspecified atom stereocenters. The maximum Gasteiger partial charge on any atom is 0.252 e. The minimum atomic E-state index is -0.385. The lowest BCUT2D eigenvalue weighted by Crippen LogP contribution is -2.23. The Bertz CT molecular complexity index is 606. The summed E-state index contributed by atoms with van der Waals surface area (Å²) in [6, 6.07) is 2.74. The summed E-state index contributed by atoms with van der Waals surface area (Å²) in [6.45, 7) is 0.595. The van der Waals surface area contributed by atoms with Crippen LogP contribution in [0.2, 0.25) is 0 Å². The molecule has 3 nitrogen and oxygen atoms in total. The van der Waals surface area contributed by atoms with Gasteiger partial charge in [0, 0.05) is 11.9 Å². The van der Waals surface area contributed by atoms with Gasteiger partial charge in [0.25, 0.3) is 5.91 Å². The first kappa shape index (κ1) is 10.1. The number of benzene rings is 1. The normalized spacial score (nSPS) is 15.0. The fourth-order valence-electron chi connectivity index (χ4n) is 2.14. The molecule has 1 aromatic heterocycles. The van der Waals surface area contributed by atoms with E-state index in [-0.39, 0.29) is 11.7 Å². The lowest BCUT2D eigenvalue weighted by Gasteiger charge is -2.01. The van der Waals surface area contributed by atoms with Gasteiger partial charge in [0.05, 0.1) is 14.8 Å². The summed E-state index contributed by atoms with van der Waals surface area (Å²) in [6.07, 6.45) is 0.780. The molecule has 0 aliphatic carbocycles. The fraction of sp³-hybridized carbons (Fsp3) is 0.182. The average Bonchev–Trinajstić information content (AvgIpc) is 2.42. The molecule has 1 aliphatic rings. The summed E-state index contributed by atoms with van der Waals surface area (Å²) in [5.41, 5.74) is 2.23. The highest BCUT2D eigenvalue weighted by Crippen LogP contribution is 2.29. The SMILES string of the molecule is O=C1NCCc2c(I)[nH]c3cc(F)cc1c23. The van der Waals surface area contributed by atoms with Crippen LogP contribution in [-0.4, -0.2) is 17.4 Å². The van der Waals surface area contributed by atoms with Crippen molar-refractivity contribution in [2.24, 2.45) is 0 Å². The molecule has 5 heteroatoms. The van der Waals surface area contributed by atoms with Gasteiger partial charge in [0.2, 0.25) is 0 Å². The predicted molar refractivity (Wildman–Crippen MR) is 67.0 cm³/mol. The molecule has 0 spiro atoms. The molecule has 2 aromatic rings. The van der Waals surface area contributed by atoms with E-state index in [9.17, 15) is 9.18 Å². The Hall–Kier alpha value is -1.11. The van der Waals surface area contributed by atoms with Crippen LogP contribution in [0, 0.1) is 9.52 Å². The van der Waals surface area contributed by atoms with Crippen LogP contribution >= 0.6 is 22.6 Å². The van der Waals surface area contributed by atoms with E-state index in [1.807, 2.05) is 0 Å². The Balaban J connectivity index is 2.47. The Morgan fingerprint density at radius 1 is 1.38 bits per heavy atom. The van der Waals surface area contributed by atoms with Crippen LogP contribution in [0.1, 0.15) is 15.9 Å². The smallest absolute Gasteiger partial charge is 0.252 e. The van der Waals surface area contributed by atoms with Crippen LogP contribution < -0.4 is 5.32 Å². The monoisotopic (exact) mass is 330 g/mol. The molecule has 82 valence electrons. The van der Waals surface area contributed by atoms with E-state index in [1.54, 1.807) is 0 Å². The fourth-order valence-corrected chi connectivity index (χ4v) is 2.97. The van der Waals surface area contributed by atoms with Crippen LogP contribution in [0.5, 0.6) is 0 Å². The lowest BCUT2D eigenvalue weighted by atomic mass is 10.1. The third kappa shape index (κ3) is 1.34. The summed E-state index contributed by atoms with van der Waals surface area (Å²) < 4.78 is 14.3. The number of halogens is 2. The first-order valence-electron chi connectivity index (χ1n) is 4.94. The van der Waals surface area contributed by atoms with E-state index in [0.29, 0.717) is 17.6 Å². The minimum absolute atomic E-state index is 0.196. The second kappa shape index (κ2) is 3.44. The Kier molecular flexibility index (Phi) is 2.17. The van der Waals surface area contributed by atoms with Crippen molar-refractivity contribution < 1.29 is 9.18 Å². The molecule has 0 fully saturated rings. The van der Waals surface area contributed by atoms with E-state index < -0.39 is 0 Å². The third-order valence-corrected chi connectivity index (χ3v) is 3.74. The van der Waals surface area contributed by atoms with Crippen molar-refractivity contribution in [2.45, 2.75) is 6.42 Å². The van der Waals surface area contributed by atoms with Gasteiger partial charge in [-0.25, -0.2) is 4.39 Å². The summed E-state index contributed by atoms with van der Waals surface area (Å²) in [7, 11) is 0. The highest BCUT2D eigenvalue weighted by molar-refractivity contribution is 14.1. The largest absolute Gasteiger partial charge is 0.352 e. The number of rotatable bonds is 0. The first-order valence-corrected chi connectivity index (χ1v) is 6.02. The number of H-pyrrole nitrogens is 1. The van der Waals surface area contributed by atoms with Crippen molar-refractivity contribution in [2.75, 3.05) is 6.54 Å². The van der Waals surface area contributed by atoms with Gasteiger partial charge >= 0.3 is 0 Å². The molecule has 2 N–H and O–H groups in total. The maximum absolute atomic E-state index is 13.4. The highest BCUT2D eigenvalue weighted by Gasteiger charge is 2.21. The van der Waals surface area contributed by atoms with Crippen molar-refractivity contribution in [3.63, 3.8) is 0 Å². The first-order chi connectivity index (χ1) is 7.66. The molecular formula is C11H8FIN2O. The third-order valence-electron chi connectivity index (χ3n) is 2.82. The molecule has 3 rings (SSSR count). The molecule has 16 heavy (non-hydrogen) atoms. The molecule has 1 aliphatic heterocycles. The van der Waals surface area contributed by atoms with Crippen LogP contribution in [0.15, 0.2) is 12.1 Å². The van der Waals surface area contributed by atoms with E-state index in [1.165, 1.54) is 12.1 Å². The number of aromatic amines is 1. The Morgan fingerprint density at radius 3 is 3.00 bits per heavy atom. The Morgan fingerprint density at radius 2 is 2.19 bits per heavy atom. The molecule has 0 saturated carbocycles. The molecule has 0 bridgehead atoms. The van der Waals surface area contributed by atoms with Crippen molar-refractivity contribution >= 4 is 39.4 Å². The number of carbonyl (C=O) groups excluding carboxylic acids is 1. The summed E-state index contributed by atoms with van der Waals surface area (Å²) in [4.78, 5) is 14.9. The maximum atomic E-state index is 13.4. The zero-order valence-electron chi connectivity index (χ0n) is 8.23. The van der Waals surface area contributed by atoms with Crippen molar-refractivity contribution in [1.82, 2.24) is 10.3 Å². The van der Waals surface area contributed by atoms with E-state index in [2.05, 4.69) is 32.9 Å². The highest BCUT2D eigenvalue weighted by atomic mass is 127. The molecule has 1 amide bonds. The van der Waals surface area contributed by atoms with E-state index in [4.69, 9.17) is 0 Å². The van der Waals surface area contributed by atoms with Crippen molar-refractivity contribution in [3.8, 4) is 0 Å². The molecule has 0 radical (unpaired) electrons. The van der Waals surface area contributed by atoms with E-state index >= 15 is 0 Å². The molecule has 0 saturated heterocycles. The average molecular weight is 330 g/mol.